The van der Waals surface area contributed by atoms with Crippen molar-refractivity contribution >= 4 is 33.2 Å². The Bertz CT molecular complexity index is 984. The molecule has 3 rings (SSSR count). The third-order valence-electron chi connectivity index (χ3n) is 4.52. The van der Waals surface area contributed by atoms with Crippen LogP contribution in [0, 0.1) is 11.3 Å². The highest BCUT2D eigenvalue weighted by Crippen LogP contribution is 2.27. The minimum absolute atomic E-state index is 0.0617. The molecule has 0 N–H and O–H groups in total. The number of ether oxygens (including phenoxy) is 1. The number of rotatable bonds is 6. The van der Waals surface area contributed by atoms with Crippen LogP contribution < -0.4 is 4.74 Å². The van der Waals surface area contributed by atoms with E-state index in [9.17, 15) is 13.7 Å². The Morgan fingerprint density at radius 2 is 1.79 bits per heavy atom. The van der Waals surface area contributed by atoms with Crippen LogP contribution in [0.15, 0.2) is 47.4 Å². The highest BCUT2D eigenvalue weighted by atomic mass is 35.5. The zero-order valence-electron chi connectivity index (χ0n) is 15.0. The van der Waals surface area contributed by atoms with Gasteiger partial charge in [-0.1, -0.05) is 35.3 Å². The number of halogens is 2. The van der Waals surface area contributed by atoms with Gasteiger partial charge in [0.05, 0.1) is 15.5 Å². The minimum atomic E-state index is -3.68. The largest absolute Gasteiger partial charge is 0.491 e. The van der Waals surface area contributed by atoms with Crippen molar-refractivity contribution in [1.82, 2.24) is 9.21 Å². The minimum Gasteiger partial charge on any atom is -0.491 e. The van der Waals surface area contributed by atoms with Crippen molar-refractivity contribution in [3.63, 3.8) is 0 Å². The van der Waals surface area contributed by atoms with Crippen LogP contribution in [0.5, 0.6) is 5.75 Å². The molecule has 0 saturated carbocycles. The molecule has 0 aromatic heterocycles. The van der Waals surface area contributed by atoms with Gasteiger partial charge in [0.25, 0.3) is 0 Å². The van der Waals surface area contributed by atoms with Gasteiger partial charge in [-0.25, -0.2) is 8.42 Å². The van der Waals surface area contributed by atoms with Gasteiger partial charge < -0.3 is 4.74 Å². The number of nitriles is 1. The van der Waals surface area contributed by atoms with Gasteiger partial charge in [-0.2, -0.15) is 9.57 Å². The van der Waals surface area contributed by atoms with Crippen LogP contribution in [-0.4, -0.2) is 57.0 Å². The van der Waals surface area contributed by atoms with Crippen molar-refractivity contribution in [2.75, 3.05) is 39.3 Å². The molecular weight excluding hydrogens is 421 g/mol. The number of piperazine rings is 1. The van der Waals surface area contributed by atoms with E-state index >= 15 is 0 Å². The average molecular weight is 440 g/mol. The highest BCUT2D eigenvalue weighted by Gasteiger charge is 2.30. The lowest BCUT2D eigenvalue weighted by Gasteiger charge is -2.34. The quantitative estimate of drug-likeness (QED) is 0.690. The summed E-state index contributed by atoms with van der Waals surface area (Å²) in [7, 11) is -3.68. The molecule has 9 heteroatoms. The Morgan fingerprint density at radius 1 is 1.07 bits per heavy atom. The van der Waals surface area contributed by atoms with Gasteiger partial charge in [0.1, 0.15) is 18.4 Å². The summed E-state index contributed by atoms with van der Waals surface area (Å²) < 4.78 is 32.8. The second kappa shape index (κ2) is 9.12. The molecule has 28 heavy (non-hydrogen) atoms. The van der Waals surface area contributed by atoms with Crippen molar-refractivity contribution in [3.8, 4) is 11.8 Å². The molecule has 2 aromatic carbocycles. The van der Waals surface area contributed by atoms with E-state index in [1.54, 1.807) is 30.3 Å². The third kappa shape index (κ3) is 4.77. The lowest BCUT2D eigenvalue weighted by Crippen LogP contribution is -2.49. The Balaban J connectivity index is 1.53. The van der Waals surface area contributed by atoms with Crippen LogP contribution >= 0.6 is 23.2 Å². The van der Waals surface area contributed by atoms with Crippen molar-refractivity contribution < 1.29 is 13.2 Å². The lowest BCUT2D eigenvalue weighted by molar-refractivity contribution is 0.159. The summed E-state index contributed by atoms with van der Waals surface area (Å²) in [4.78, 5) is 2.19. The molecule has 0 amide bonds. The summed E-state index contributed by atoms with van der Waals surface area (Å²) in [5.41, 5.74) is 0.165. The SMILES string of the molecule is N#Cc1ccccc1S(=O)(=O)N1CCN(CCOc2ccc(Cl)cc2Cl)CC1. The average Bonchev–Trinajstić information content (AvgIpc) is 2.70. The fourth-order valence-electron chi connectivity index (χ4n) is 2.99. The fourth-order valence-corrected chi connectivity index (χ4v) is 5.02. The Hall–Kier alpha value is -1.82. The van der Waals surface area contributed by atoms with E-state index in [0.717, 1.165) is 0 Å². The van der Waals surface area contributed by atoms with Crippen LogP contribution in [0.1, 0.15) is 5.56 Å². The molecule has 1 fully saturated rings. The molecule has 1 aliphatic rings. The van der Waals surface area contributed by atoms with Gasteiger partial charge in [0.15, 0.2) is 0 Å². The topological polar surface area (TPSA) is 73.6 Å². The molecule has 0 aliphatic carbocycles. The first kappa shape index (κ1) is 20.9. The fraction of sp³-hybridized carbons (Fsp3) is 0.316. The van der Waals surface area contributed by atoms with Gasteiger partial charge in [-0.3, -0.25) is 4.90 Å². The monoisotopic (exact) mass is 439 g/mol. The molecule has 148 valence electrons. The molecule has 2 aromatic rings. The second-order valence-corrected chi connectivity index (χ2v) is 9.03. The van der Waals surface area contributed by atoms with Crippen LogP contribution in [0.25, 0.3) is 0 Å². The number of sulfonamides is 1. The standard InChI is InChI=1S/C19H19Cl2N3O3S/c20-16-5-6-18(17(21)13-16)27-12-11-23-7-9-24(10-8-23)28(25,26)19-4-2-1-3-15(19)14-22/h1-6,13H,7-12H2. The Labute approximate surface area is 174 Å². The summed E-state index contributed by atoms with van der Waals surface area (Å²) >= 11 is 12.0. The molecule has 0 radical (unpaired) electrons. The molecule has 6 nitrogen and oxygen atoms in total. The normalized spacial score (nSPS) is 15.9. The maximum absolute atomic E-state index is 12.8. The Morgan fingerprint density at radius 3 is 2.46 bits per heavy atom. The number of hydrogen-bond acceptors (Lipinski definition) is 5. The van der Waals surface area contributed by atoms with E-state index in [2.05, 4.69) is 4.90 Å². The van der Waals surface area contributed by atoms with Crippen molar-refractivity contribution in [1.29, 1.82) is 5.26 Å². The predicted molar refractivity (Wildman–Crippen MR) is 108 cm³/mol. The first-order valence-electron chi connectivity index (χ1n) is 8.71. The molecule has 0 atom stereocenters. The van der Waals surface area contributed by atoms with Gasteiger partial charge in [-0.05, 0) is 30.3 Å². The van der Waals surface area contributed by atoms with Gasteiger partial charge in [0.2, 0.25) is 10.0 Å². The van der Waals surface area contributed by atoms with Crippen LogP contribution in [0.4, 0.5) is 0 Å². The number of nitrogens with zero attached hydrogens (tertiary/aromatic N) is 3. The molecule has 0 unspecified atom stereocenters. The zero-order chi connectivity index (χ0) is 20.1. The van der Waals surface area contributed by atoms with Gasteiger partial charge >= 0.3 is 0 Å². The molecule has 1 aliphatic heterocycles. The summed E-state index contributed by atoms with van der Waals surface area (Å²) in [6, 6.07) is 13.3. The van der Waals surface area contributed by atoms with Crippen molar-refractivity contribution in [2.24, 2.45) is 0 Å². The first-order chi connectivity index (χ1) is 13.4. The number of benzene rings is 2. The third-order valence-corrected chi connectivity index (χ3v) is 7.00. The van der Waals surface area contributed by atoms with Gasteiger partial charge in [-0.15, -0.1) is 0 Å². The maximum Gasteiger partial charge on any atom is 0.244 e. The lowest BCUT2D eigenvalue weighted by atomic mass is 10.2. The summed E-state index contributed by atoms with van der Waals surface area (Å²) in [6.07, 6.45) is 0. The maximum atomic E-state index is 12.8. The van der Waals surface area contributed by atoms with E-state index in [-0.39, 0.29) is 10.5 Å². The van der Waals surface area contributed by atoms with Crippen LogP contribution in [-0.2, 0) is 10.0 Å². The summed E-state index contributed by atoms with van der Waals surface area (Å²) in [6.45, 7) is 3.00. The molecular formula is C19H19Cl2N3O3S. The second-order valence-electron chi connectivity index (χ2n) is 6.28. The van der Waals surface area contributed by atoms with E-state index in [4.69, 9.17) is 27.9 Å². The van der Waals surface area contributed by atoms with E-state index in [1.165, 1.54) is 16.4 Å². The molecule has 1 saturated heterocycles. The summed E-state index contributed by atoms with van der Waals surface area (Å²) in [5, 5.41) is 10.2. The zero-order valence-corrected chi connectivity index (χ0v) is 17.3. The van der Waals surface area contributed by atoms with Crippen LogP contribution in [0.2, 0.25) is 10.0 Å². The summed E-state index contributed by atoms with van der Waals surface area (Å²) in [5.74, 6) is 0.570. The van der Waals surface area contributed by atoms with Crippen molar-refractivity contribution in [3.05, 3.63) is 58.1 Å². The number of hydrogen-bond donors (Lipinski definition) is 0. The molecule has 0 bridgehead atoms. The Kier molecular flexibility index (Phi) is 6.81. The predicted octanol–water partition coefficient (Wildman–Crippen LogP) is 3.25. The smallest absolute Gasteiger partial charge is 0.244 e. The first-order valence-corrected chi connectivity index (χ1v) is 10.9. The van der Waals surface area contributed by atoms with E-state index in [0.29, 0.717) is 55.1 Å². The van der Waals surface area contributed by atoms with Crippen LogP contribution in [0.3, 0.4) is 0 Å². The van der Waals surface area contributed by atoms with Gasteiger partial charge in [0, 0.05) is 37.7 Å². The van der Waals surface area contributed by atoms with E-state index < -0.39 is 10.0 Å². The molecule has 1 heterocycles. The van der Waals surface area contributed by atoms with E-state index in [1.807, 2.05) is 6.07 Å². The van der Waals surface area contributed by atoms with Crippen molar-refractivity contribution in [2.45, 2.75) is 4.90 Å². The molecule has 0 spiro atoms. The highest BCUT2D eigenvalue weighted by molar-refractivity contribution is 7.89.